The van der Waals surface area contributed by atoms with E-state index in [4.69, 9.17) is 0 Å². The number of hydrogen-bond donors (Lipinski definition) is 2. The predicted octanol–water partition coefficient (Wildman–Crippen LogP) is 1.62. The summed E-state index contributed by atoms with van der Waals surface area (Å²) in [7, 11) is 0. The number of aryl methyl sites for hydroxylation is 1. The van der Waals surface area contributed by atoms with E-state index in [9.17, 15) is 0 Å². The smallest absolute Gasteiger partial charge is 0.160 e. The SMILES string of the molecule is Cc1nc(NC2CCNC2)ccc1-c1ncccn1. The van der Waals surface area contributed by atoms with Crippen LogP contribution in [0, 0.1) is 6.92 Å². The van der Waals surface area contributed by atoms with E-state index in [1.54, 1.807) is 12.4 Å². The van der Waals surface area contributed by atoms with Crippen molar-refractivity contribution in [2.45, 2.75) is 19.4 Å². The van der Waals surface area contributed by atoms with Crippen LogP contribution < -0.4 is 10.6 Å². The minimum Gasteiger partial charge on any atom is -0.366 e. The third-order valence-electron chi connectivity index (χ3n) is 3.30. The number of rotatable bonds is 3. The van der Waals surface area contributed by atoms with Crippen LogP contribution in [0.5, 0.6) is 0 Å². The zero-order valence-corrected chi connectivity index (χ0v) is 10.9. The molecular weight excluding hydrogens is 238 g/mol. The van der Waals surface area contributed by atoms with Crippen molar-refractivity contribution in [3.05, 3.63) is 36.3 Å². The molecule has 1 atom stereocenters. The first-order chi connectivity index (χ1) is 9.33. The van der Waals surface area contributed by atoms with Crippen LogP contribution in [0.15, 0.2) is 30.6 Å². The lowest BCUT2D eigenvalue weighted by molar-refractivity contribution is 0.787. The Morgan fingerprint density at radius 2 is 2.11 bits per heavy atom. The molecule has 0 saturated carbocycles. The summed E-state index contributed by atoms with van der Waals surface area (Å²) in [6, 6.07) is 6.32. The van der Waals surface area contributed by atoms with Crippen LogP contribution in [-0.4, -0.2) is 34.1 Å². The number of aromatic nitrogens is 3. The zero-order valence-electron chi connectivity index (χ0n) is 10.9. The number of nitrogens with one attached hydrogen (secondary N) is 2. The van der Waals surface area contributed by atoms with Gasteiger partial charge in [0, 0.05) is 30.5 Å². The summed E-state index contributed by atoms with van der Waals surface area (Å²) in [4.78, 5) is 13.1. The predicted molar refractivity (Wildman–Crippen MR) is 74.9 cm³/mol. The molecule has 0 spiro atoms. The largest absolute Gasteiger partial charge is 0.366 e. The van der Waals surface area contributed by atoms with E-state index in [1.165, 1.54) is 0 Å². The molecule has 1 aliphatic heterocycles. The Balaban J connectivity index is 1.81. The highest BCUT2D eigenvalue weighted by atomic mass is 15.1. The molecule has 2 N–H and O–H groups in total. The average molecular weight is 255 g/mol. The topological polar surface area (TPSA) is 62.7 Å². The molecule has 1 aliphatic rings. The third kappa shape index (κ3) is 2.71. The molecule has 0 aromatic carbocycles. The molecule has 5 nitrogen and oxygen atoms in total. The van der Waals surface area contributed by atoms with Gasteiger partial charge in [-0.05, 0) is 38.1 Å². The highest BCUT2D eigenvalue weighted by Gasteiger charge is 2.15. The van der Waals surface area contributed by atoms with Gasteiger partial charge in [-0.15, -0.1) is 0 Å². The monoisotopic (exact) mass is 255 g/mol. The van der Waals surface area contributed by atoms with E-state index >= 15 is 0 Å². The Bertz CT molecular complexity index is 549. The fourth-order valence-electron chi connectivity index (χ4n) is 2.30. The molecule has 1 saturated heterocycles. The lowest BCUT2D eigenvalue weighted by Gasteiger charge is -2.13. The van der Waals surface area contributed by atoms with Gasteiger partial charge < -0.3 is 10.6 Å². The van der Waals surface area contributed by atoms with E-state index in [0.717, 1.165) is 42.4 Å². The number of anilines is 1. The summed E-state index contributed by atoms with van der Waals surface area (Å²) in [5, 5.41) is 6.78. The molecule has 2 aromatic heterocycles. The second kappa shape index (κ2) is 5.32. The van der Waals surface area contributed by atoms with Gasteiger partial charge in [0.15, 0.2) is 5.82 Å². The second-order valence-corrected chi connectivity index (χ2v) is 4.74. The molecular formula is C14H17N5. The molecule has 3 rings (SSSR count). The minimum absolute atomic E-state index is 0.478. The highest BCUT2D eigenvalue weighted by molar-refractivity contribution is 5.60. The summed E-state index contributed by atoms with van der Waals surface area (Å²) in [5.41, 5.74) is 1.93. The van der Waals surface area contributed by atoms with Crippen LogP contribution in [0.3, 0.4) is 0 Å². The third-order valence-corrected chi connectivity index (χ3v) is 3.30. The summed E-state index contributed by atoms with van der Waals surface area (Å²) in [6.07, 6.45) is 4.64. The lowest BCUT2D eigenvalue weighted by Crippen LogP contribution is -2.22. The summed E-state index contributed by atoms with van der Waals surface area (Å²) >= 11 is 0. The normalized spacial score (nSPS) is 18.5. The van der Waals surface area contributed by atoms with Crippen molar-refractivity contribution in [1.82, 2.24) is 20.3 Å². The van der Waals surface area contributed by atoms with Crippen molar-refractivity contribution in [1.29, 1.82) is 0 Å². The van der Waals surface area contributed by atoms with E-state index < -0.39 is 0 Å². The molecule has 0 bridgehead atoms. The van der Waals surface area contributed by atoms with E-state index in [1.807, 2.05) is 25.1 Å². The molecule has 3 heterocycles. The minimum atomic E-state index is 0.478. The van der Waals surface area contributed by atoms with E-state index in [0.29, 0.717) is 6.04 Å². The molecule has 98 valence electrons. The van der Waals surface area contributed by atoms with Gasteiger partial charge in [0.05, 0.1) is 5.69 Å². The fourth-order valence-corrected chi connectivity index (χ4v) is 2.30. The van der Waals surface area contributed by atoms with Crippen LogP contribution in [-0.2, 0) is 0 Å². The summed E-state index contributed by atoms with van der Waals surface area (Å²) in [5.74, 6) is 1.65. The van der Waals surface area contributed by atoms with Crippen molar-refractivity contribution in [2.75, 3.05) is 18.4 Å². The van der Waals surface area contributed by atoms with Gasteiger partial charge in [0.1, 0.15) is 5.82 Å². The number of hydrogen-bond acceptors (Lipinski definition) is 5. The fraction of sp³-hybridized carbons (Fsp3) is 0.357. The van der Waals surface area contributed by atoms with Crippen LogP contribution in [0.4, 0.5) is 5.82 Å². The maximum Gasteiger partial charge on any atom is 0.160 e. The maximum atomic E-state index is 4.59. The Morgan fingerprint density at radius 1 is 1.26 bits per heavy atom. The van der Waals surface area contributed by atoms with Crippen molar-refractivity contribution >= 4 is 5.82 Å². The standard InChI is InChI=1S/C14H17N5/c1-10-12(14-16-6-2-7-17-14)3-4-13(18-10)19-11-5-8-15-9-11/h2-4,6-7,11,15H,5,8-9H2,1H3,(H,18,19). The first kappa shape index (κ1) is 12.0. The molecule has 0 amide bonds. The van der Waals surface area contributed by atoms with Crippen LogP contribution in [0.2, 0.25) is 0 Å². The summed E-state index contributed by atoms with van der Waals surface area (Å²) < 4.78 is 0. The zero-order chi connectivity index (χ0) is 13.1. The number of pyridine rings is 1. The molecule has 0 aliphatic carbocycles. The van der Waals surface area contributed by atoms with Gasteiger partial charge in [-0.2, -0.15) is 0 Å². The van der Waals surface area contributed by atoms with Crippen molar-refractivity contribution in [3.63, 3.8) is 0 Å². The average Bonchev–Trinajstić information content (AvgIpc) is 2.93. The van der Waals surface area contributed by atoms with Gasteiger partial charge in [-0.1, -0.05) is 0 Å². The van der Waals surface area contributed by atoms with E-state index in [-0.39, 0.29) is 0 Å². The Morgan fingerprint density at radius 3 is 2.79 bits per heavy atom. The van der Waals surface area contributed by atoms with Crippen LogP contribution in [0.25, 0.3) is 11.4 Å². The molecule has 0 radical (unpaired) electrons. The lowest BCUT2D eigenvalue weighted by atomic mass is 10.2. The van der Waals surface area contributed by atoms with Crippen molar-refractivity contribution < 1.29 is 0 Å². The Hall–Kier alpha value is -2.01. The van der Waals surface area contributed by atoms with Crippen LogP contribution >= 0.6 is 0 Å². The van der Waals surface area contributed by atoms with Crippen LogP contribution in [0.1, 0.15) is 12.1 Å². The van der Waals surface area contributed by atoms with E-state index in [2.05, 4.69) is 25.6 Å². The first-order valence-corrected chi connectivity index (χ1v) is 6.55. The second-order valence-electron chi connectivity index (χ2n) is 4.74. The molecule has 19 heavy (non-hydrogen) atoms. The molecule has 2 aromatic rings. The molecule has 1 fully saturated rings. The highest BCUT2D eigenvalue weighted by Crippen LogP contribution is 2.20. The Kier molecular flexibility index (Phi) is 3.37. The first-order valence-electron chi connectivity index (χ1n) is 6.55. The molecule has 5 heteroatoms. The van der Waals surface area contributed by atoms with Gasteiger partial charge >= 0.3 is 0 Å². The number of nitrogens with zero attached hydrogens (tertiary/aromatic N) is 3. The van der Waals surface area contributed by atoms with Crippen molar-refractivity contribution in [3.8, 4) is 11.4 Å². The van der Waals surface area contributed by atoms with Gasteiger partial charge in [-0.3, -0.25) is 0 Å². The Labute approximate surface area is 112 Å². The molecule has 1 unspecified atom stereocenters. The van der Waals surface area contributed by atoms with Gasteiger partial charge in [0.2, 0.25) is 0 Å². The van der Waals surface area contributed by atoms with Gasteiger partial charge in [0.25, 0.3) is 0 Å². The maximum absolute atomic E-state index is 4.59. The van der Waals surface area contributed by atoms with Gasteiger partial charge in [-0.25, -0.2) is 15.0 Å². The van der Waals surface area contributed by atoms with Crippen molar-refractivity contribution in [2.24, 2.45) is 0 Å². The summed E-state index contributed by atoms with van der Waals surface area (Å²) in [6.45, 7) is 4.07. The quantitative estimate of drug-likeness (QED) is 0.872.